The van der Waals surface area contributed by atoms with Gasteiger partial charge in [0.25, 0.3) is 11.8 Å². The number of carbonyl (C=O) groups is 3. The molecule has 0 saturated carbocycles. The minimum absolute atomic E-state index is 0.406. The maximum Gasteiger partial charge on any atom is 0.255 e. The zero-order valence-corrected chi connectivity index (χ0v) is 8.40. The first-order valence-corrected chi connectivity index (χ1v) is 4.58. The Labute approximate surface area is 87.4 Å². The second-order valence-electron chi connectivity index (χ2n) is 3.02. The fourth-order valence-electron chi connectivity index (χ4n) is 1.29. The van der Waals surface area contributed by atoms with E-state index < -0.39 is 23.9 Å². The van der Waals surface area contributed by atoms with Crippen LogP contribution in [-0.2, 0) is 14.4 Å². The summed E-state index contributed by atoms with van der Waals surface area (Å²) < 4.78 is 0. The fourth-order valence-corrected chi connectivity index (χ4v) is 1.29. The van der Waals surface area contributed by atoms with Crippen molar-refractivity contribution in [1.82, 2.24) is 10.2 Å². The molecule has 0 aromatic carbocycles. The van der Waals surface area contributed by atoms with E-state index in [-0.39, 0.29) is 0 Å². The van der Waals surface area contributed by atoms with Crippen LogP contribution in [0.25, 0.3) is 0 Å². The molecule has 1 aliphatic heterocycles. The average Bonchev–Trinajstić information content (AvgIpc) is 2.55. The molecule has 0 aromatic rings. The van der Waals surface area contributed by atoms with Crippen LogP contribution < -0.4 is 5.32 Å². The summed E-state index contributed by atoms with van der Waals surface area (Å²) in [6, 6.07) is 0. The van der Waals surface area contributed by atoms with Crippen molar-refractivity contribution >= 4 is 17.7 Å². The lowest BCUT2D eigenvalue weighted by molar-refractivity contribution is -0.140. The van der Waals surface area contributed by atoms with Crippen molar-refractivity contribution in [2.75, 3.05) is 0 Å². The molecule has 15 heavy (non-hydrogen) atoms. The molecule has 1 N–H and O–H groups in total. The fraction of sp³-hybridized carbons (Fsp3) is 0.300. The topological polar surface area (TPSA) is 66.5 Å². The summed E-state index contributed by atoms with van der Waals surface area (Å²) in [5.74, 6) is -1.22. The normalized spacial score (nSPS) is 16.7. The highest BCUT2D eigenvalue weighted by atomic mass is 16.2. The highest BCUT2D eigenvalue weighted by Crippen LogP contribution is 2.09. The molecule has 0 bridgehead atoms. The van der Waals surface area contributed by atoms with Crippen LogP contribution in [0, 0.1) is 0 Å². The third kappa shape index (κ3) is 2.31. The first-order chi connectivity index (χ1) is 7.10. The largest absolute Gasteiger partial charge is 0.332 e. The van der Waals surface area contributed by atoms with Crippen LogP contribution in [0.5, 0.6) is 0 Å². The number of carbonyl (C=O) groups excluding carboxylic acids is 3. The molecule has 1 atom stereocenters. The van der Waals surface area contributed by atoms with Crippen LogP contribution in [-0.4, -0.2) is 28.8 Å². The Bertz CT molecular complexity index is 329. The lowest BCUT2D eigenvalue weighted by Crippen LogP contribution is -2.50. The molecule has 1 rings (SSSR count). The number of nitrogens with zero attached hydrogens (tertiary/aromatic N) is 1. The van der Waals surface area contributed by atoms with Gasteiger partial charge in [0.15, 0.2) is 0 Å². The van der Waals surface area contributed by atoms with Crippen molar-refractivity contribution in [3.05, 3.63) is 24.8 Å². The highest BCUT2D eigenvalue weighted by molar-refractivity contribution is 6.13. The number of amides is 3. The third-order valence-electron chi connectivity index (χ3n) is 2.04. The summed E-state index contributed by atoms with van der Waals surface area (Å²) in [4.78, 5) is 34.7. The van der Waals surface area contributed by atoms with Crippen LogP contribution in [0.4, 0.5) is 0 Å². The lowest BCUT2D eigenvalue weighted by atomic mass is 10.3. The van der Waals surface area contributed by atoms with Gasteiger partial charge in [-0.3, -0.25) is 19.3 Å². The Kier molecular flexibility index (Phi) is 3.38. The zero-order valence-electron chi connectivity index (χ0n) is 8.40. The molecule has 5 nitrogen and oxygen atoms in total. The second kappa shape index (κ2) is 4.54. The number of nitrogens with one attached hydrogen (secondary N) is 1. The van der Waals surface area contributed by atoms with E-state index in [1.54, 1.807) is 6.92 Å². The zero-order chi connectivity index (χ0) is 11.4. The molecule has 0 aliphatic carbocycles. The summed E-state index contributed by atoms with van der Waals surface area (Å²) in [5.41, 5.74) is 0. The maximum absolute atomic E-state index is 11.3. The quantitative estimate of drug-likeness (QED) is 0.520. The van der Waals surface area contributed by atoms with E-state index in [0.29, 0.717) is 6.42 Å². The molecule has 0 fully saturated rings. The predicted octanol–water partition coefficient (Wildman–Crippen LogP) is -0.0503. The Hall–Kier alpha value is -1.91. The van der Waals surface area contributed by atoms with Crippen molar-refractivity contribution in [3.8, 4) is 0 Å². The molecule has 1 unspecified atom stereocenters. The van der Waals surface area contributed by atoms with Gasteiger partial charge in [-0.25, -0.2) is 0 Å². The van der Waals surface area contributed by atoms with Crippen LogP contribution in [0.3, 0.4) is 0 Å². The number of imide groups is 1. The summed E-state index contributed by atoms with van der Waals surface area (Å²) in [7, 11) is 0. The minimum Gasteiger partial charge on any atom is -0.332 e. The van der Waals surface area contributed by atoms with E-state index in [2.05, 4.69) is 11.9 Å². The number of hydrogen-bond donors (Lipinski definition) is 1. The number of hydrogen-bond acceptors (Lipinski definition) is 3. The summed E-state index contributed by atoms with van der Waals surface area (Å²) in [6.07, 6.45) is 3.32. The van der Waals surface area contributed by atoms with Crippen LogP contribution in [0.15, 0.2) is 24.8 Å². The van der Waals surface area contributed by atoms with Gasteiger partial charge in [0.1, 0.15) is 6.17 Å². The van der Waals surface area contributed by atoms with Crippen LogP contribution in [0.2, 0.25) is 0 Å². The second-order valence-corrected chi connectivity index (χ2v) is 3.02. The van der Waals surface area contributed by atoms with Crippen LogP contribution in [0.1, 0.15) is 13.3 Å². The van der Waals surface area contributed by atoms with Gasteiger partial charge in [0.2, 0.25) is 5.91 Å². The van der Waals surface area contributed by atoms with Gasteiger partial charge < -0.3 is 5.32 Å². The molecule has 80 valence electrons. The summed E-state index contributed by atoms with van der Waals surface area (Å²) in [5, 5.41) is 2.51. The van der Waals surface area contributed by atoms with E-state index in [0.717, 1.165) is 11.0 Å². The monoisotopic (exact) mass is 208 g/mol. The molecule has 1 heterocycles. The van der Waals surface area contributed by atoms with Crippen molar-refractivity contribution in [2.24, 2.45) is 0 Å². The molecule has 0 saturated heterocycles. The molecule has 5 heteroatoms. The molecule has 0 spiro atoms. The summed E-state index contributed by atoms with van der Waals surface area (Å²) >= 11 is 0. The summed E-state index contributed by atoms with van der Waals surface area (Å²) in [6.45, 7) is 5.07. The average molecular weight is 208 g/mol. The molecule has 0 aromatic heterocycles. The third-order valence-corrected chi connectivity index (χ3v) is 2.04. The molecular weight excluding hydrogens is 196 g/mol. The lowest BCUT2D eigenvalue weighted by Gasteiger charge is -2.25. The smallest absolute Gasteiger partial charge is 0.255 e. The van der Waals surface area contributed by atoms with E-state index in [9.17, 15) is 14.4 Å². The highest BCUT2D eigenvalue weighted by Gasteiger charge is 2.30. The van der Waals surface area contributed by atoms with Gasteiger partial charge in [0.05, 0.1) is 0 Å². The van der Waals surface area contributed by atoms with Gasteiger partial charge in [-0.15, -0.1) is 0 Å². The molecule has 0 radical (unpaired) electrons. The molecule has 1 aliphatic rings. The van der Waals surface area contributed by atoms with Gasteiger partial charge in [0, 0.05) is 12.2 Å². The van der Waals surface area contributed by atoms with E-state index in [1.165, 1.54) is 12.2 Å². The SMILES string of the molecule is C=CC(=O)NC(CC)N1C(=O)C=CC1=O. The van der Waals surface area contributed by atoms with Gasteiger partial charge in [-0.05, 0) is 12.5 Å². The van der Waals surface area contributed by atoms with Crippen molar-refractivity contribution in [1.29, 1.82) is 0 Å². The molecular formula is C10H12N2O3. The van der Waals surface area contributed by atoms with Crippen molar-refractivity contribution in [3.63, 3.8) is 0 Å². The minimum atomic E-state index is -0.606. The first kappa shape index (κ1) is 11.2. The molecule has 3 amide bonds. The van der Waals surface area contributed by atoms with Crippen molar-refractivity contribution < 1.29 is 14.4 Å². The number of rotatable bonds is 4. The first-order valence-electron chi connectivity index (χ1n) is 4.58. The Morgan fingerprint density at radius 3 is 2.47 bits per heavy atom. The van der Waals surface area contributed by atoms with Crippen molar-refractivity contribution in [2.45, 2.75) is 19.5 Å². The van der Waals surface area contributed by atoms with Gasteiger partial charge in [-0.2, -0.15) is 0 Å². The van der Waals surface area contributed by atoms with Crippen LogP contribution >= 0.6 is 0 Å². The Morgan fingerprint density at radius 2 is 2.07 bits per heavy atom. The maximum atomic E-state index is 11.3. The Balaban J connectivity index is 2.74. The standard InChI is InChI=1S/C10H12N2O3/c1-3-7(11-8(13)4-2)12-9(14)5-6-10(12)15/h4-7H,2-3H2,1H3,(H,11,13). The van der Waals surface area contributed by atoms with E-state index in [4.69, 9.17) is 0 Å². The predicted molar refractivity (Wildman–Crippen MR) is 53.4 cm³/mol. The van der Waals surface area contributed by atoms with E-state index >= 15 is 0 Å². The van der Waals surface area contributed by atoms with Gasteiger partial charge >= 0.3 is 0 Å². The van der Waals surface area contributed by atoms with Gasteiger partial charge in [-0.1, -0.05) is 13.5 Å². The Morgan fingerprint density at radius 1 is 1.53 bits per heavy atom. The van der Waals surface area contributed by atoms with E-state index in [1.807, 2.05) is 0 Å².